The summed E-state index contributed by atoms with van der Waals surface area (Å²) in [6.07, 6.45) is -4.26. The molecule has 11 heteroatoms. The molecule has 0 saturated carbocycles. The van der Waals surface area contributed by atoms with Crippen LogP contribution >= 0.6 is 0 Å². The number of nitrogens with two attached hydrogens (primary N) is 1. The molecule has 1 amide bonds. The molecule has 21 heavy (non-hydrogen) atoms. The molecule has 116 valence electrons. The van der Waals surface area contributed by atoms with E-state index in [0.29, 0.717) is 0 Å². The molecule has 0 radical (unpaired) electrons. The van der Waals surface area contributed by atoms with Crippen LogP contribution in [0.2, 0.25) is 0 Å². The number of carbonyl (C=O) groups excluding carboxylic acids is 1. The molecule has 7 N–H and O–H groups in total. The predicted molar refractivity (Wildman–Crippen MR) is 68.3 cm³/mol. The summed E-state index contributed by atoms with van der Waals surface area (Å²) in [6.45, 7) is 0.884. The molecule has 0 aromatic rings. The topological polar surface area (TPSA) is 165 Å². The van der Waals surface area contributed by atoms with Gasteiger partial charge in [0.1, 0.15) is 17.8 Å². The second-order valence-corrected chi connectivity index (χ2v) is 5.23. The van der Waals surface area contributed by atoms with Crippen molar-refractivity contribution in [2.45, 2.75) is 37.0 Å². The van der Waals surface area contributed by atoms with Crippen molar-refractivity contribution in [3.8, 4) is 0 Å². The van der Waals surface area contributed by atoms with Crippen molar-refractivity contribution in [2.75, 3.05) is 6.61 Å². The largest absolute Gasteiger partial charge is 0.394 e. The summed E-state index contributed by atoms with van der Waals surface area (Å²) < 4.78 is 5.44. The summed E-state index contributed by atoms with van der Waals surface area (Å²) in [5.74, 6) is -0.486. The highest BCUT2D eigenvalue weighted by molar-refractivity contribution is 6.04. The second kappa shape index (κ2) is 4.53. The molecular weight excluding hydrogens is 284 g/mol. The number of guanidine groups is 1. The molecule has 3 heterocycles. The standard InChI is InChI=1S/C10H16N6O5/c1-10(20)4(18)3(2-17)21-5(10)6-13-14-7-8(19)12-9(11)15-16(6)7/h3-5,7,14,17-18,20H,2H2,1H3,(H3,11,12,15,19)/t3-,4-,5+,7?,10-/m1/s1. The molecule has 0 bridgehead atoms. The van der Waals surface area contributed by atoms with Crippen LogP contribution in [0.1, 0.15) is 6.92 Å². The maximum Gasteiger partial charge on any atom is 0.273 e. The van der Waals surface area contributed by atoms with Crippen molar-refractivity contribution >= 4 is 17.7 Å². The first-order valence-electron chi connectivity index (χ1n) is 6.30. The van der Waals surface area contributed by atoms with Crippen LogP contribution in [-0.4, -0.2) is 74.7 Å². The normalized spacial score (nSPS) is 42.1. The van der Waals surface area contributed by atoms with Gasteiger partial charge in [0.05, 0.1) is 6.61 Å². The van der Waals surface area contributed by atoms with Gasteiger partial charge in [-0.25, -0.2) is 5.01 Å². The van der Waals surface area contributed by atoms with Crippen molar-refractivity contribution < 1.29 is 24.9 Å². The van der Waals surface area contributed by atoms with E-state index in [1.54, 1.807) is 0 Å². The van der Waals surface area contributed by atoms with Crippen LogP contribution in [0.3, 0.4) is 0 Å². The van der Waals surface area contributed by atoms with E-state index in [0.717, 1.165) is 0 Å². The predicted octanol–water partition coefficient (Wildman–Crippen LogP) is -4.24. The molecule has 3 aliphatic heterocycles. The number of nitrogens with one attached hydrogen (secondary N) is 2. The molecule has 0 aromatic heterocycles. The van der Waals surface area contributed by atoms with Crippen LogP contribution in [-0.2, 0) is 9.53 Å². The van der Waals surface area contributed by atoms with E-state index in [4.69, 9.17) is 15.6 Å². The maximum atomic E-state index is 11.8. The highest BCUT2D eigenvalue weighted by Gasteiger charge is 2.57. The van der Waals surface area contributed by atoms with E-state index in [2.05, 4.69) is 20.9 Å². The third-order valence-corrected chi connectivity index (χ3v) is 3.70. The number of hydrazone groups is 2. The first-order chi connectivity index (χ1) is 9.86. The molecule has 0 aliphatic carbocycles. The Morgan fingerprint density at radius 1 is 1.57 bits per heavy atom. The Kier molecular flexibility index (Phi) is 3.02. The summed E-state index contributed by atoms with van der Waals surface area (Å²) in [7, 11) is 0. The van der Waals surface area contributed by atoms with E-state index in [1.807, 2.05) is 0 Å². The lowest BCUT2D eigenvalue weighted by atomic mass is 9.92. The zero-order valence-corrected chi connectivity index (χ0v) is 11.1. The van der Waals surface area contributed by atoms with E-state index in [-0.39, 0.29) is 11.8 Å². The Morgan fingerprint density at radius 2 is 2.29 bits per heavy atom. The van der Waals surface area contributed by atoms with Crippen LogP contribution in [0.15, 0.2) is 10.2 Å². The lowest BCUT2D eigenvalue weighted by molar-refractivity contribution is -0.125. The number of amidine groups is 1. The van der Waals surface area contributed by atoms with Gasteiger partial charge in [-0.05, 0) is 6.92 Å². The summed E-state index contributed by atoms with van der Waals surface area (Å²) in [5, 5.41) is 40.9. The number of aliphatic hydroxyl groups is 3. The molecule has 3 aliphatic rings. The number of fused-ring (bicyclic) bond motifs is 1. The zero-order valence-electron chi connectivity index (χ0n) is 11.1. The summed E-state index contributed by atoms with van der Waals surface area (Å²) >= 11 is 0. The van der Waals surface area contributed by atoms with Gasteiger partial charge >= 0.3 is 0 Å². The Bertz CT molecular complexity index is 534. The Hall–Kier alpha value is -1.95. The zero-order chi connectivity index (χ0) is 15.4. The van der Waals surface area contributed by atoms with Gasteiger partial charge in [0.25, 0.3) is 5.91 Å². The van der Waals surface area contributed by atoms with Crippen LogP contribution in [0.5, 0.6) is 0 Å². The number of amides is 1. The van der Waals surface area contributed by atoms with Gasteiger partial charge in [-0.15, -0.1) is 5.10 Å². The summed E-state index contributed by atoms with van der Waals surface area (Å²) in [6, 6.07) is 0. The third-order valence-electron chi connectivity index (χ3n) is 3.70. The van der Waals surface area contributed by atoms with Crippen molar-refractivity contribution in [1.82, 2.24) is 15.8 Å². The molecule has 1 unspecified atom stereocenters. The van der Waals surface area contributed by atoms with Crippen molar-refractivity contribution in [3.05, 3.63) is 0 Å². The smallest absolute Gasteiger partial charge is 0.273 e. The van der Waals surface area contributed by atoms with E-state index >= 15 is 0 Å². The van der Waals surface area contributed by atoms with Crippen molar-refractivity contribution in [1.29, 1.82) is 0 Å². The van der Waals surface area contributed by atoms with Crippen molar-refractivity contribution in [2.24, 2.45) is 15.9 Å². The molecule has 11 nitrogen and oxygen atoms in total. The van der Waals surface area contributed by atoms with Crippen molar-refractivity contribution in [3.63, 3.8) is 0 Å². The monoisotopic (exact) mass is 300 g/mol. The maximum absolute atomic E-state index is 11.8. The molecule has 1 fully saturated rings. The molecule has 1 saturated heterocycles. The molecular formula is C10H16N6O5. The van der Waals surface area contributed by atoms with E-state index in [9.17, 15) is 15.0 Å². The summed E-state index contributed by atoms with van der Waals surface area (Å²) in [4.78, 5) is 11.8. The lowest BCUT2D eigenvalue weighted by Gasteiger charge is -2.31. The van der Waals surface area contributed by atoms with E-state index < -0.39 is 42.6 Å². The molecule has 0 spiro atoms. The van der Waals surface area contributed by atoms with Gasteiger partial charge in [0.15, 0.2) is 11.9 Å². The van der Waals surface area contributed by atoms with Gasteiger partial charge in [-0.3, -0.25) is 15.5 Å². The fraction of sp³-hybridized carbons (Fsp3) is 0.700. The highest BCUT2D eigenvalue weighted by atomic mass is 16.6. The summed E-state index contributed by atoms with van der Waals surface area (Å²) in [5.41, 5.74) is 6.33. The first-order valence-corrected chi connectivity index (χ1v) is 6.30. The fourth-order valence-electron chi connectivity index (χ4n) is 2.54. The third kappa shape index (κ3) is 1.93. The molecule has 5 atom stereocenters. The quantitative estimate of drug-likeness (QED) is 0.298. The Morgan fingerprint density at radius 3 is 2.90 bits per heavy atom. The highest BCUT2D eigenvalue weighted by Crippen LogP contribution is 2.34. The molecule has 3 rings (SSSR count). The SMILES string of the molecule is C[C@@]1(O)[C@H](O)[C@@H](CO)O[C@H]1C1=NNC2C(=O)NC(N)=NN12. The van der Waals surface area contributed by atoms with Gasteiger partial charge in [0, 0.05) is 0 Å². The number of nitrogens with zero attached hydrogens (tertiary/aromatic N) is 3. The van der Waals surface area contributed by atoms with Gasteiger partial charge in [0.2, 0.25) is 12.1 Å². The van der Waals surface area contributed by atoms with E-state index in [1.165, 1.54) is 11.9 Å². The van der Waals surface area contributed by atoms with Crippen LogP contribution < -0.4 is 16.5 Å². The number of rotatable bonds is 2. The fourth-order valence-corrected chi connectivity index (χ4v) is 2.54. The average molecular weight is 300 g/mol. The second-order valence-electron chi connectivity index (χ2n) is 5.23. The first kappa shape index (κ1) is 14.0. The minimum Gasteiger partial charge on any atom is -0.394 e. The molecule has 0 aromatic carbocycles. The minimum atomic E-state index is -1.71. The number of ether oxygens (including phenoxy) is 1. The van der Waals surface area contributed by atoms with Gasteiger partial charge in [-0.2, -0.15) is 5.10 Å². The number of aliphatic hydroxyl groups excluding tert-OH is 2. The number of hydrogen-bond acceptors (Lipinski definition) is 10. The Balaban J connectivity index is 1.91. The van der Waals surface area contributed by atoms with Crippen LogP contribution in [0.4, 0.5) is 0 Å². The Labute approximate surface area is 119 Å². The number of carbonyl (C=O) groups is 1. The average Bonchev–Trinajstić information content (AvgIpc) is 2.91. The van der Waals surface area contributed by atoms with Gasteiger partial charge < -0.3 is 25.8 Å². The lowest BCUT2D eigenvalue weighted by Crippen LogP contribution is -2.60. The minimum absolute atomic E-state index is 0.0952. The van der Waals surface area contributed by atoms with Gasteiger partial charge in [-0.1, -0.05) is 0 Å². The van der Waals surface area contributed by atoms with Crippen LogP contribution in [0, 0.1) is 0 Å². The van der Waals surface area contributed by atoms with Crippen LogP contribution in [0.25, 0.3) is 0 Å². The number of hydrogen-bond donors (Lipinski definition) is 6.